The maximum absolute atomic E-state index is 11.8. The highest BCUT2D eigenvalue weighted by Gasteiger charge is 2.13. The van der Waals surface area contributed by atoms with Gasteiger partial charge in [0.2, 0.25) is 0 Å². The van der Waals surface area contributed by atoms with Crippen molar-refractivity contribution in [3.63, 3.8) is 0 Å². The highest BCUT2D eigenvalue weighted by molar-refractivity contribution is 5.73. The van der Waals surface area contributed by atoms with Crippen LogP contribution in [0.1, 0.15) is 18.3 Å². The molecular weight excluding hydrogens is 306 g/mol. The number of aromatic nitrogens is 3. The molecule has 2 heterocycles. The number of ether oxygens (including phenoxy) is 2. The van der Waals surface area contributed by atoms with Gasteiger partial charge in [-0.05, 0) is 44.2 Å². The number of fused-ring (bicyclic) bond motifs is 1. The van der Waals surface area contributed by atoms with E-state index in [9.17, 15) is 4.79 Å². The van der Waals surface area contributed by atoms with Crippen molar-refractivity contribution in [2.45, 2.75) is 20.3 Å². The second kappa shape index (κ2) is 6.70. The topological polar surface area (TPSA) is 65.7 Å². The first kappa shape index (κ1) is 16.0. The van der Waals surface area contributed by atoms with E-state index >= 15 is 0 Å². The van der Waals surface area contributed by atoms with Crippen molar-refractivity contribution in [2.24, 2.45) is 0 Å². The molecule has 0 unspecified atom stereocenters. The van der Waals surface area contributed by atoms with Gasteiger partial charge in [0.05, 0.1) is 31.5 Å². The summed E-state index contributed by atoms with van der Waals surface area (Å²) < 4.78 is 11.9. The summed E-state index contributed by atoms with van der Waals surface area (Å²) in [5.74, 6) is 0.519. The highest BCUT2D eigenvalue weighted by atomic mass is 16.5. The average molecular weight is 325 g/mol. The molecule has 0 bridgehead atoms. The van der Waals surface area contributed by atoms with Crippen LogP contribution in [0.2, 0.25) is 0 Å². The first-order chi connectivity index (χ1) is 11.6. The Hall–Kier alpha value is -2.89. The maximum atomic E-state index is 11.8. The summed E-state index contributed by atoms with van der Waals surface area (Å²) in [5, 5.41) is 4.60. The van der Waals surface area contributed by atoms with Crippen molar-refractivity contribution in [2.75, 3.05) is 13.7 Å². The molecule has 3 aromatic rings. The van der Waals surface area contributed by atoms with E-state index in [1.807, 2.05) is 43.3 Å². The van der Waals surface area contributed by atoms with E-state index in [2.05, 4.69) is 10.1 Å². The molecule has 124 valence electrons. The van der Waals surface area contributed by atoms with E-state index in [-0.39, 0.29) is 12.4 Å². The van der Waals surface area contributed by atoms with Crippen LogP contribution in [0.5, 0.6) is 5.75 Å². The molecular formula is C18H19N3O3. The van der Waals surface area contributed by atoms with Crippen LogP contribution < -0.4 is 4.74 Å². The third-order valence-electron chi connectivity index (χ3n) is 3.65. The van der Waals surface area contributed by atoms with Gasteiger partial charge in [0.1, 0.15) is 5.75 Å². The van der Waals surface area contributed by atoms with Gasteiger partial charge < -0.3 is 9.47 Å². The highest BCUT2D eigenvalue weighted by Crippen LogP contribution is 2.23. The molecule has 0 N–H and O–H groups in total. The summed E-state index contributed by atoms with van der Waals surface area (Å²) in [6.45, 7) is 4.05. The monoisotopic (exact) mass is 325 g/mol. The molecule has 3 rings (SSSR count). The van der Waals surface area contributed by atoms with Crippen molar-refractivity contribution in [3.05, 3.63) is 47.8 Å². The zero-order valence-electron chi connectivity index (χ0n) is 13.9. The molecule has 0 aliphatic carbocycles. The Morgan fingerprint density at radius 3 is 2.62 bits per heavy atom. The molecule has 1 aromatic carbocycles. The maximum Gasteiger partial charge on any atom is 0.311 e. The van der Waals surface area contributed by atoms with Crippen LogP contribution in [-0.2, 0) is 16.0 Å². The molecule has 2 aromatic heterocycles. The minimum Gasteiger partial charge on any atom is -0.497 e. The zero-order valence-corrected chi connectivity index (χ0v) is 13.9. The molecule has 6 heteroatoms. The predicted octanol–water partition coefficient (Wildman–Crippen LogP) is 2.82. The van der Waals surface area contributed by atoms with Crippen LogP contribution in [0.15, 0.2) is 36.4 Å². The number of hydrogen-bond donors (Lipinski definition) is 0. The first-order valence-corrected chi connectivity index (χ1v) is 7.77. The van der Waals surface area contributed by atoms with Gasteiger partial charge in [-0.3, -0.25) is 4.79 Å². The summed E-state index contributed by atoms with van der Waals surface area (Å²) >= 11 is 0. The third-order valence-corrected chi connectivity index (χ3v) is 3.65. The number of esters is 1. The smallest absolute Gasteiger partial charge is 0.311 e. The van der Waals surface area contributed by atoms with Gasteiger partial charge in [-0.2, -0.15) is 5.10 Å². The lowest BCUT2D eigenvalue weighted by molar-refractivity contribution is -0.142. The Bertz CT molecular complexity index is 869. The van der Waals surface area contributed by atoms with Crippen molar-refractivity contribution in [1.29, 1.82) is 0 Å². The van der Waals surface area contributed by atoms with Crippen LogP contribution in [0.3, 0.4) is 0 Å². The Balaban J connectivity index is 2.01. The normalized spacial score (nSPS) is 10.8. The molecule has 0 radical (unpaired) electrons. The van der Waals surface area contributed by atoms with E-state index in [1.54, 1.807) is 18.5 Å². The second-order valence-corrected chi connectivity index (χ2v) is 5.40. The van der Waals surface area contributed by atoms with Gasteiger partial charge in [0.25, 0.3) is 0 Å². The molecule has 0 atom stereocenters. The van der Waals surface area contributed by atoms with Gasteiger partial charge in [-0.15, -0.1) is 0 Å². The SMILES string of the molecule is CCOC(=O)Cc1cc(C)nc2cc(-c3ccc(OC)cc3)nn12. The van der Waals surface area contributed by atoms with Crippen LogP contribution in [-0.4, -0.2) is 34.3 Å². The molecule has 0 spiro atoms. The number of nitrogens with zero attached hydrogens (tertiary/aromatic N) is 3. The van der Waals surface area contributed by atoms with E-state index in [4.69, 9.17) is 9.47 Å². The molecule has 0 saturated carbocycles. The number of rotatable bonds is 5. The Morgan fingerprint density at radius 1 is 1.21 bits per heavy atom. The molecule has 0 aliphatic rings. The van der Waals surface area contributed by atoms with Gasteiger partial charge in [-0.25, -0.2) is 9.50 Å². The molecule has 0 fully saturated rings. The molecule has 0 amide bonds. The molecule has 6 nitrogen and oxygen atoms in total. The standard InChI is InChI=1S/C18H19N3O3/c1-4-24-18(22)10-14-9-12(2)19-17-11-16(20-21(14)17)13-5-7-15(23-3)8-6-13/h5-9,11H,4,10H2,1-3H3. The van der Waals surface area contributed by atoms with Gasteiger partial charge in [0.15, 0.2) is 5.65 Å². The van der Waals surface area contributed by atoms with Gasteiger partial charge >= 0.3 is 5.97 Å². The molecule has 0 saturated heterocycles. The number of benzene rings is 1. The zero-order chi connectivity index (χ0) is 17.1. The van der Waals surface area contributed by atoms with E-state index in [1.165, 1.54) is 0 Å². The summed E-state index contributed by atoms with van der Waals surface area (Å²) in [6, 6.07) is 11.4. The molecule has 0 aliphatic heterocycles. The van der Waals surface area contributed by atoms with E-state index < -0.39 is 0 Å². The lowest BCUT2D eigenvalue weighted by atomic mass is 10.1. The van der Waals surface area contributed by atoms with Gasteiger partial charge in [0, 0.05) is 17.3 Å². The second-order valence-electron chi connectivity index (χ2n) is 5.40. The third kappa shape index (κ3) is 3.22. The summed E-state index contributed by atoms with van der Waals surface area (Å²) in [7, 11) is 1.63. The van der Waals surface area contributed by atoms with Gasteiger partial charge in [-0.1, -0.05) is 0 Å². The average Bonchev–Trinajstić information content (AvgIpc) is 2.99. The van der Waals surface area contributed by atoms with E-state index in [0.717, 1.165) is 28.4 Å². The number of hydrogen-bond acceptors (Lipinski definition) is 5. The lowest BCUT2D eigenvalue weighted by Crippen LogP contribution is -2.12. The number of methoxy groups -OCH3 is 1. The summed E-state index contributed by atoms with van der Waals surface area (Å²) in [4.78, 5) is 16.3. The Labute approximate surface area is 140 Å². The van der Waals surface area contributed by atoms with Crippen LogP contribution in [0.4, 0.5) is 0 Å². The molecule has 24 heavy (non-hydrogen) atoms. The Morgan fingerprint density at radius 2 is 1.96 bits per heavy atom. The summed E-state index contributed by atoms with van der Waals surface area (Å²) in [6.07, 6.45) is 0.164. The van der Waals surface area contributed by atoms with Crippen LogP contribution in [0, 0.1) is 6.92 Å². The van der Waals surface area contributed by atoms with Crippen LogP contribution in [0.25, 0.3) is 16.9 Å². The van der Waals surface area contributed by atoms with Crippen LogP contribution >= 0.6 is 0 Å². The number of carbonyl (C=O) groups is 1. The first-order valence-electron chi connectivity index (χ1n) is 7.77. The number of carbonyl (C=O) groups excluding carboxylic acids is 1. The van der Waals surface area contributed by atoms with Crippen molar-refractivity contribution in [3.8, 4) is 17.0 Å². The van der Waals surface area contributed by atoms with Crippen molar-refractivity contribution in [1.82, 2.24) is 14.6 Å². The Kier molecular flexibility index (Phi) is 4.46. The summed E-state index contributed by atoms with van der Waals surface area (Å²) in [5.41, 5.74) is 4.06. The largest absolute Gasteiger partial charge is 0.497 e. The predicted molar refractivity (Wildman–Crippen MR) is 90.0 cm³/mol. The fourth-order valence-electron chi connectivity index (χ4n) is 2.57. The minimum absolute atomic E-state index is 0.164. The fourth-order valence-corrected chi connectivity index (χ4v) is 2.57. The van der Waals surface area contributed by atoms with Crippen molar-refractivity contribution >= 4 is 11.6 Å². The quantitative estimate of drug-likeness (QED) is 0.675. The minimum atomic E-state index is -0.272. The lowest BCUT2D eigenvalue weighted by Gasteiger charge is -2.05. The fraction of sp³-hybridized carbons (Fsp3) is 0.278. The number of aryl methyl sites for hydroxylation is 1. The van der Waals surface area contributed by atoms with E-state index in [0.29, 0.717) is 12.3 Å². The van der Waals surface area contributed by atoms with Crippen molar-refractivity contribution < 1.29 is 14.3 Å².